The van der Waals surface area contributed by atoms with Gasteiger partial charge in [0.1, 0.15) is 5.78 Å². The minimum absolute atomic E-state index is 0.116. The van der Waals surface area contributed by atoms with Crippen LogP contribution in [0.3, 0.4) is 0 Å². The molecule has 0 aromatic heterocycles. The van der Waals surface area contributed by atoms with Crippen LogP contribution in [-0.2, 0) is 9.59 Å². The van der Waals surface area contributed by atoms with Gasteiger partial charge in [-0.2, -0.15) is 0 Å². The Bertz CT molecular complexity index is 803. The van der Waals surface area contributed by atoms with Crippen molar-refractivity contribution in [3.63, 3.8) is 0 Å². The summed E-state index contributed by atoms with van der Waals surface area (Å²) in [4.78, 5) is 22.6. The zero-order valence-electron chi connectivity index (χ0n) is 18.4. The van der Waals surface area contributed by atoms with E-state index in [-0.39, 0.29) is 17.3 Å². The molecule has 2 atom stereocenters. The summed E-state index contributed by atoms with van der Waals surface area (Å²) in [7, 11) is 0. The van der Waals surface area contributed by atoms with Gasteiger partial charge in [-0.05, 0) is 26.7 Å². The summed E-state index contributed by atoms with van der Waals surface area (Å²) in [6.45, 7) is 11.3. The lowest BCUT2D eigenvalue weighted by Gasteiger charge is -2.48. The number of allylic oxidation sites excluding steroid dienone is 10. The van der Waals surface area contributed by atoms with Crippen molar-refractivity contribution in [3.05, 3.63) is 71.4 Å². The summed E-state index contributed by atoms with van der Waals surface area (Å²) in [6, 6.07) is 0. The second-order valence-corrected chi connectivity index (χ2v) is 8.58. The minimum atomic E-state index is -1.01. The third-order valence-corrected chi connectivity index (χ3v) is 5.48. The summed E-state index contributed by atoms with van der Waals surface area (Å²) in [5, 5.41) is 20.0. The van der Waals surface area contributed by atoms with Crippen molar-refractivity contribution in [2.45, 2.75) is 60.0 Å². The third-order valence-electron chi connectivity index (χ3n) is 5.48. The number of aliphatic hydroxyl groups is 1. The average Bonchev–Trinajstić information content (AvgIpc) is 2.61. The standard InChI is InChI=1S/C25H34O4/c1-18(12-9-13-20(3)23(27)28)10-7-8-11-19(2)14-15-25(29)21(4)16-22(26)17-24(25,5)6/h7-15,21,29H,16-17H2,1-6H3,(H,27,28). The van der Waals surface area contributed by atoms with Gasteiger partial charge in [0.25, 0.3) is 0 Å². The Hall–Kier alpha value is -2.46. The van der Waals surface area contributed by atoms with E-state index in [1.807, 2.05) is 77.2 Å². The molecule has 0 saturated heterocycles. The Balaban J connectivity index is 2.78. The molecule has 1 fully saturated rings. The minimum Gasteiger partial charge on any atom is -0.478 e. The quantitative estimate of drug-likeness (QED) is 0.449. The Kier molecular flexibility index (Phi) is 8.78. The van der Waals surface area contributed by atoms with Crippen LogP contribution >= 0.6 is 0 Å². The van der Waals surface area contributed by atoms with Gasteiger partial charge >= 0.3 is 5.97 Å². The number of ketones is 1. The molecule has 4 nitrogen and oxygen atoms in total. The highest BCUT2D eigenvalue weighted by atomic mass is 16.4. The van der Waals surface area contributed by atoms with Gasteiger partial charge in [-0.25, -0.2) is 4.79 Å². The van der Waals surface area contributed by atoms with Gasteiger partial charge in [0.15, 0.2) is 0 Å². The SMILES string of the molecule is CC(C=CC=C(C)C(=O)O)=CC=CC=C(C)C=CC1(O)C(C)CC(=O)CC1(C)C. The van der Waals surface area contributed by atoms with Crippen molar-refractivity contribution in [3.8, 4) is 0 Å². The first kappa shape index (κ1) is 24.6. The molecule has 2 unspecified atom stereocenters. The monoisotopic (exact) mass is 398 g/mol. The van der Waals surface area contributed by atoms with Gasteiger partial charge in [-0.15, -0.1) is 0 Å². The molecular formula is C25H34O4. The average molecular weight is 399 g/mol. The summed E-state index contributed by atoms with van der Waals surface area (Å²) >= 11 is 0. The largest absolute Gasteiger partial charge is 0.478 e. The molecule has 0 aromatic rings. The number of aliphatic carboxylic acids is 1. The lowest BCUT2D eigenvalue weighted by molar-refractivity contribution is -0.142. The number of carboxylic acid groups (broad SMARTS) is 1. The molecule has 158 valence electrons. The van der Waals surface area contributed by atoms with E-state index in [2.05, 4.69) is 0 Å². The number of rotatable bonds is 7. The number of carbonyl (C=O) groups is 2. The molecule has 0 aromatic carbocycles. The molecule has 1 aliphatic rings. The number of hydrogen-bond acceptors (Lipinski definition) is 3. The predicted octanol–water partition coefficient (Wildman–Crippen LogP) is 5.33. The first-order chi connectivity index (χ1) is 13.4. The van der Waals surface area contributed by atoms with Gasteiger partial charge in [0.05, 0.1) is 5.60 Å². The van der Waals surface area contributed by atoms with E-state index in [1.165, 1.54) is 0 Å². The number of hydrogen-bond donors (Lipinski definition) is 2. The zero-order valence-corrected chi connectivity index (χ0v) is 18.4. The van der Waals surface area contributed by atoms with E-state index in [1.54, 1.807) is 19.1 Å². The third kappa shape index (κ3) is 7.13. The van der Waals surface area contributed by atoms with E-state index in [9.17, 15) is 14.7 Å². The molecule has 29 heavy (non-hydrogen) atoms. The maximum absolute atomic E-state index is 11.9. The summed E-state index contributed by atoms with van der Waals surface area (Å²) in [5.41, 5.74) is 0.776. The number of carboxylic acids is 1. The van der Waals surface area contributed by atoms with Crippen LogP contribution in [0.4, 0.5) is 0 Å². The van der Waals surface area contributed by atoms with E-state index in [0.29, 0.717) is 12.8 Å². The van der Waals surface area contributed by atoms with Crippen LogP contribution in [-0.4, -0.2) is 27.6 Å². The van der Waals surface area contributed by atoms with Crippen molar-refractivity contribution >= 4 is 11.8 Å². The maximum Gasteiger partial charge on any atom is 0.331 e. The van der Waals surface area contributed by atoms with Gasteiger partial charge in [0, 0.05) is 23.8 Å². The topological polar surface area (TPSA) is 74.6 Å². The summed E-state index contributed by atoms with van der Waals surface area (Å²) < 4.78 is 0. The number of Topliss-reactive ketones (excluding diaryl/α,β-unsaturated/α-hetero) is 1. The molecule has 1 rings (SSSR count). The van der Waals surface area contributed by atoms with Gasteiger partial charge in [0.2, 0.25) is 0 Å². The van der Waals surface area contributed by atoms with Crippen LogP contribution in [0.15, 0.2) is 71.4 Å². The number of carbonyl (C=O) groups excluding carboxylic acids is 1. The van der Waals surface area contributed by atoms with Crippen LogP contribution in [0.2, 0.25) is 0 Å². The molecule has 0 bridgehead atoms. The Labute approximate surface area is 174 Å². The van der Waals surface area contributed by atoms with E-state index < -0.39 is 17.0 Å². The van der Waals surface area contributed by atoms with Crippen molar-refractivity contribution in [2.75, 3.05) is 0 Å². The summed E-state index contributed by atoms with van der Waals surface area (Å²) in [5.74, 6) is -0.831. The first-order valence-corrected chi connectivity index (χ1v) is 9.92. The molecule has 1 saturated carbocycles. The highest BCUT2D eigenvalue weighted by Gasteiger charge is 2.50. The van der Waals surface area contributed by atoms with Crippen LogP contribution in [0.5, 0.6) is 0 Å². The lowest BCUT2D eigenvalue weighted by Crippen LogP contribution is -2.53. The molecular weight excluding hydrogens is 364 g/mol. The lowest BCUT2D eigenvalue weighted by atomic mass is 9.60. The van der Waals surface area contributed by atoms with Crippen LogP contribution in [0.1, 0.15) is 54.4 Å². The first-order valence-electron chi connectivity index (χ1n) is 9.92. The molecule has 1 aliphatic carbocycles. The van der Waals surface area contributed by atoms with Crippen molar-refractivity contribution in [1.29, 1.82) is 0 Å². The predicted molar refractivity (Wildman–Crippen MR) is 118 cm³/mol. The van der Waals surface area contributed by atoms with Crippen molar-refractivity contribution in [1.82, 2.24) is 0 Å². The Morgan fingerprint density at radius 2 is 1.55 bits per heavy atom. The van der Waals surface area contributed by atoms with Crippen LogP contribution < -0.4 is 0 Å². The fourth-order valence-corrected chi connectivity index (χ4v) is 3.46. The molecule has 0 spiro atoms. The second kappa shape index (κ2) is 10.4. The normalized spacial score (nSPS) is 26.8. The van der Waals surface area contributed by atoms with Crippen LogP contribution in [0, 0.1) is 11.3 Å². The van der Waals surface area contributed by atoms with Crippen LogP contribution in [0.25, 0.3) is 0 Å². The van der Waals surface area contributed by atoms with Crippen molar-refractivity contribution in [2.24, 2.45) is 11.3 Å². The van der Waals surface area contributed by atoms with Crippen molar-refractivity contribution < 1.29 is 19.8 Å². The van der Waals surface area contributed by atoms with Gasteiger partial charge < -0.3 is 10.2 Å². The van der Waals surface area contributed by atoms with Gasteiger partial charge in [-0.1, -0.05) is 86.6 Å². The second-order valence-electron chi connectivity index (χ2n) is 8.58. The molecule has 0 amide bonds. The molecule has 4 heteroatoms. The molecule has 0 aliphatic heterocycles. The van der Waals surface area contributed by atoms with Gasteiger partial charge in [-0.3, -0.25) is 4.79 Å². The Morgan fingerprint density at radius 3 is 2.07 bits per heavy atom. The molecule has 0 heterocycles. The van der Waals surface area contributed by atoms with E-state index >= 15 is 0 Å². The maximum atomic E-state index is 11.9. The zero-order chi connectivity index (χ0) is 22.2. The molecule has 2 N–H and O–H groups in total. The van der Waals surface area contributed by atoms with E-state index in [4.69, 9.17) is 5.11 Å². The Morgan fingerprint density at radius 1 is 1.00 bits per heavy atom. The highest BCUT2D eigenvalue weighted by molar-refractivity contribution is 5.86. The molecule has 0 radical (unpaired) electrons. The smallest absolute Gasteiger partial charge is 0.331 e. The fourth-order valence-electron chi connectivity index (χ4n) is 3.46. The summed E-state index contributed by atoms with van der Waals surface area (Å²) in [6.07, 6.45) is 17.4. The highest BCUT2D eigenvalue weighted by Crippen LogP contribution is 2.46. The van der Waals surface area contributed by atoms with E-state index in [0.717, 1.165) is 11.1 Å². The fraction of sp³-hybridized carbons (Fsp3) is 0.440.